The molecule has 1 saturated heterocycles. The SMILES string of the molecule is CCOC(=O)CCN1CC(F)(F)C1. The van der Waals surface area contributed by atoms with E-state index in [0.717, 1.165) is 0 Å². The van der Waals surface area contributed by atoms with E-state index < -0.39 is 5.92 Å². The highest BCUT2D eigenvalue weighted by atomic mass is 19.3. The normalized spacial score (nSPS) is 20.8. The van der Waals surface area contributed by atoms with E-state index in [4.69, 9.17) is 0 Å². The summed E-state index contributed by atoms with van der Waals surface area (Å²) in [6.07, 6.45) is 0.198. The number of likely N-dealkylation sites (tertiary alicyclic amines) is 1. The molecule has 0 N–H and O–H groups in total. The van der Waals surface area contributed by atoms with Crippen molar-refractivity contribution in [2.75, 3.05) is 26.2 Å². The van der Waals surface area contributed by atoms with Crippen molar-refractivity contribution in [1.82, 2.24) is 4.90 Å². The zero-order chi connectivity index (χ0) is 9.90. The van der Waals surface area contributed by atoms with Gasteiger partial charge in [0.2, 0.25) is 0 Å². The van der Waals surface area contributed by atoms with Crippen molar-refractivity contribution in [2.45, 2.75) is 19.3 Å². The molecule has 0 amide bonds. The largest absolute Gasteiger partial charge is 0.466 e. The topological polar surface area (TPSA) is 29.5 Å². The van der Waals surface area contributed by atoms with Gasteiger partial charge in [-0.05, 0) is 6.92 Å². The highest BCUT2D eigenvalue weighted by Crippen LogP contribution is 2.26. The van der Waals surface area contributed by atoms with Crippen LogP contribution in [0.3, 0.4) is 0 Å². The molecule has 76 valence electrons. The van der Waals surface area contributed by atoms with Crippen molar-refractivity contribution in [2.24, 2.45) is 0 Å². The fourth-order valence-electron chi connectivity index (χ4n) is 1.25. The van der Waals surface area contributed by atoms with Crippen LogP contribution in [0.5, 0.6) is 0 Å². The lowest BCUT2D eigenvalue weighted by atomic mass is 10.1. The molecule has 1 aliphatic heterocycles. The molecule has 1 aliphatic rings. The summed E-state index contributed by atoms with van der Waals surface area (Å²) in [5.41, 5.74) is 0. The third-order valence-electron chi connectivity index (χ3n) is 1.85. The average molecular weight is 193 g/mol. The molecule has 1 rings (SSSR count). The number of esters is 1. The van der Waals surface area contributed by atoms with Crippen LogP contribution in [0.2, 0.25) is 0 Å². The van der Waals surface area contributed by atoms with E-state index in [9.17, 15) is 13.6 Å². The monoisotopic (exact) mass is 193 g/mol. The van der Waals surface area contributed by atoms with E-state index in [0.29, 0.717) is 13.2 Å². The Hall–Kier alpha value is -0.710. The van der Waals surface area contributed by atoms with E-state index >= 15 is 0 Å². The maximum Gasteiger partial charge on any atom is 0.307 e. The Morgan fingerprint density at radius 3 is 2.62 bits per heavy atom. The second-order valence-corrected chi connectivity index (χ2v) is 3.12. The van der Waals surface area contributed by atoms with Crippen molar-refractivity contribution in [1.29, 1.82) is 0 Å². The Morgan fingerprint density at radius 1 is 1.54 bits per heavy atom. The van der Waals surface area contributed by atoms with Gasteiger partial charge in [-0.15, -0.1) is 0 Å². The second-order valence-electron chi connectivity index (χ2n) is 3.12. The van der Waals surface area contributed by atoms with Crippen LogP contribution in [0.4, 0.5) is 8.78 Å². The molecular weight excluding hydrogens is 180 g/mol. The third kappa shape index (κ3) is 3.26. The number of hydrogen-bond donors (Lipinski definition) is 0. The molecule has 0 saturated carbocycles. The zero-order valence-electron chi connectivity index (χ0n) is 7.56. The number of halogens is 2. The smallest absolute Gasteiger partial charge is 0.307 e. The fourth-order valence-corrected chi connectivity index (χ4v) is 1.25. The average Bonchev–Trinajstić information content (AvgIpc) is 1.97. The van der Waals surface area contributed by atoms with Gasteiger partial charge < -0.3 is 4.74 Å². The van der Waals surface area contributed by atoms with Gasteiger partial charge in [-0.1, -0.05) is 0 Å². The summed E-state index contributed by atoms with van der Waals surface area (Å²) in [5.74, 6) is -2.87. The molecule has 1 heterocycles. The van der Waals surface area contributed by atoms with Crippen LogP contribution in [0.15, 0.2) is 0 Å². The first-order chi connectivity index (χ1) is 6.03. The number of alkyl halides is 2. The molecule has 0 aromatic carbocycles. The van der Waals surface area contributed by atoms with Crippen LogP contribution < -0.4 is 0 Å². The van der Waals surface area contributed by atoms with Crippen LogP contribution in [-0.2, 0) is 9.53 Å². The molecule has 0 aromatic rings. The standard InChI is InChI=1S/C8H13F2NO2/c1-2-13-7(12)3-4-11-5-8(9,10)6-11/h2-6H2,1H3. The summed E-state index contributed by atoms with van der Waals surface area (Å²) < 4.78 is 29.3. The number of nitrogens with zero attached hydrogens (tertiary/aromatic N) is 1. The Morgan fingerprint density at radius 2 is 2.15 bits per heavy atom. The Balaban J connectivity index is 2.05. The van der Waals surface area contributed by atoms with Crippen LogP contribution in [-0.4, -0.2) is 43.0 Å². The molecule has 3 nitrogen and oxygen atoms in total. The molecule has 5 heteroatoms. The van der Waals surface area contributed by atoms with Gasteiger partial charge >= 0.3 is 5.97 Å². The minimum Gasteiger partial charge on any atom is -0.466 e. The number of hydrogen-bond acceptors (Lipinski definition) is 3. The minimum atomic E-state index is -2.55. The number of carbonyl (C=O) groups is 1. The first-order valence-corrected chi connectivity index (χ1v) is 4.29. The maximum absolute atomic E-state index is 12.3. The molecule has 0 spiro atoms. The summed E-state index contributed by atoms with van der Waals surface area (Å²) in [5, 5.41) is 0. The lowest BCUT2D eigenvalue weighted by Gasteiger charge is -2.38. The lowest BCUT2D eigenvalue weighted by molar-refractivity contribution is -0.150. The summed E-state index contributed by atoms with van der Waals surface area (Å²) in [6, 6.07) is 0. The Labute approximate surface area is 75.7 Å². The third-order valence-corrected chi connectivity index (χ3v) is 1.85. The van der Waals surface area contributed by atoms with E-state index in [-0.39, 0.29) is 25.5 Å². The van der Waals surface area contributed by atoms with Gasteiger partial charge in [0, 0.05) is 6.54 Å². The molecule has 13 heavy (non-hydrogen) atoms. The van der Waals surface area contributed by atoms with Crippen LogP contribution >= 0.6 is 0 Å². The van der Waals surface area contributed by atoms with Crippen molar-refractivity contribution in [3.63, 3.8) is 0 Å². The van der Waals surface area contributed by atoms with E-state index in [1.165, 1.54) is 4.90 Å². The van der Waals surface area contributed by atoms with Gasteiger partial charge in [-0.25, -0.2) is 8.78 Å². The molecule has 0 bridgehead atoms. The van der Waals surface area contributed by atoms with Gasteiger partial charge in [0.15, 0.2) is 0 Å². The van der Waals surface area contributed by atoms with E-state index in [1.807, 2.05) is 0 Å². The summed E-state index contributed by atoms with van der Waals surface area (Å²) in [4.78, 5) is 12.4. The zero-order valence-corrected chi connectivity index (χ0v) is 7.56. The first kappa shape index (κ1) is 10.4. The molecule has 0 aromatic heterocycles. The minimum absolute atomic E-state index is 0.198. The predicted octanol–water partition coefficient (Wildman–Crippen LogP) is 0.891. The molecule has 0 aliphatic carbocycles. The van der Waals surface area contributed by atoms with E-state index in [2.05, 4.69) is 4.74 Å². The van der Waals surface area contributed by atoms with E-state index in [1.54, 1.807) is 6.92 Å². The van der Waals surface area contributed by atoms with Gasteiger partial charge in [0.05, 0.1) is 26.1 Å². The van der Waals surface area contributed by atoms with Crippen LogP contribution in [0, 0.1) is 0 Å². The van der Waals surface area contributed by atoms with Crippen LogP contribution in [0.25, 0.3) is 0 Å². The second kappa shape index (κ2) is 4.00. The molecular formula is C8H13F2NO2. The van der Waals surface area contributed by atoms with Crippen molar-refractivity contribution >= 4 is 5.97 Å². The number of rotatable bonds is 4. The first-order valence-electron chi connectivity index (χ1n) is 4.29. The van der Waals surface area contributed by atoms with Gasteiger partial charge in [0.1, 0.15) is 0 Å². The molecule has 0 unspecified atom stereocenters. The predicted molar refractivity (Wildman–Crippen MR) is 42.6 cm³/mol. The molecule has 0 radical (unpaired) electrons. The van der Waals surface area contributed by atoms with Gasteiger partial charge in [0.25, 0.3) is 5.92 Å². The lowest BCUT2D eigenvalue weighted by Crippen LogP contribution is -2.56. The Kier molecular flexibility index (Phi) is 3.19. The summed E-state index contributed by atoms with van der Waals surface area (Å²) in [6.45, 7) is 1.97. The Bertz CT molecular complexity index is 189. The van der Waals surface area contributed by atoms with Gasteiger partial charge in [-0.3, -0.25) is 9.69 Å². The van der Waals surface area contributed by atoms with Crippen molar-refractivity contribution in [3.8, 4) is 0 Å². The maximum atomic E-state index is 12.3. The van der Waals surface area contributed by atoms with Crippen molar-refractivity contribution < 1.29 is 18.3 Å². The molecule has 1 fully saturated rings. The summed E-state index contributed by atoms with van der Waals surface area (Å²) >= 11 is 0. The summed E-state index contributed by atoms with van der Waals surface area (Å²) in [7, 11) is 0. The quantitative estimate of drug-likeness (QED) is 0.621. The number of carbonyl (C=O) groups excluding carboxylic acids is 1. The van der Waals surface area contributed by atoms with Crippen LogP contribution in [0.1, 0.15) is 13.3 Å². The van der Waals surface area contributed by atoms with Gasteiger partial charge in [-0.2, -0.15) is 0 Å². The number of ether oxygens (including phenoxy) is 1. The fraction of sp³-hybridized carbons (Fsp3) is 0.875. The van der Waals surface area contributed by atoms with Crippen molar-refractivity contribution in [3.05, 3.63) is 0 Å². The highest BCUT2D eigenvalue weighted by Gasteiger charge is 2.43. The molecule has 0 atom stereocenters. The highest BCUT2D eigenvalue weighted by molar-refractivity contribution is 5.69.